The van der Waals surface area contributed by atoms with Gasteiger partial charge in [-0.15, -0.1) is 11.8 Å². The maximum absolute atomic E-state index is 13.5. The van der Waals surface area contributed by atoms with Gasteiger partial charge in [-0.2, -0.15) is 13.2 Å². The fraction of sp³-hybridized carbons (Fsp3) is 0.448. The number of fused-ring (bicyclic) bond motifs is 1. The van der Waals surface area contributed by atoms with Crippen LogP contribution >= 0.6 is 11.8 Å². The highest BCUT2D eigenvalue weighted by molar-refractivity contribution is 7.99. The fourth-order valence-electron chi connectivity index (χ4n) is 4.67. The number of hydrogen-bond acceptors (Lipinski definition) is 5. The molecule has 0 spiro atoms. The van der Waals surface area contributed by atoms with Crippen LogP contribution in [0.25, 0.3) is 10.9 Å². The van der Waals surface area contributed by atoms with Crippen LogP contribution in [0.3, 0.4) is 0 Å². The summed E-state index contributed by atoms with van der Waals surface area (Å²) in [5.41, 5.74) is 2.50. The first-order valence-corrected chi connectivity index (χ1v) is 13.7. The van der Waals surface area contributed by atoms with Crippen LogP contribution in [-0.2, 0) is 6.54 Å². The Bertz CT molecular complexity index is 1300. The largest absolute Gasteiger partial charge is 0.495 e. The van der Waals surface area contributed by atoms with E-state index in [9.17, 15) is 13.2 Å². The summed E-state index contributed by atoms with van der Waals surface area (Å²) in [5.74, 6) is 6.69. The zero-order valence-electron chi connectivity index (χ0n) is 22.3. The van der Waals surface area contributed by atoms with Gasteiger partial charge >= 0.3 is 6.18 Å². The fourth-order valence-corrected chi connectivity index (χ4v) is 5.54. The van der Waals surface area contributed by atoms with Gasteiger partial charge in [0.1, 0.15) is 12.3 Å². The minimum atomic E-state index is -4.36. The molecule has 0 unspecified atom stereocenters. The van der Waals surface area contributed by atoms with E-state index in [0.29, 0.717) is 28.3 Å². The predicted octanol–water partition coefficient (Wildman–Crippen LogP) is 6.68. The van der Waals surface area contributed by atoms with Crippen LogP contribution in [0.2, 0.25) is 0 Å². The van der Waals surface area contributed by atoms with Gasteiger partial charge in [0.25, 0.3) is 0 Å². The Labute approximate surface area is 227 Å². The molecule has 4 rings (SSSR count). The molecule has 1 fully saturated rings. The Kier molecular flexibility index (Phi) is 9.06. The maximum atomic E-state index is 13.5. The average molecular weight is 545 g/mol. The Morgan fingerprint density at radius 3 is 2.55 bits per heavy atom. The van der Waals surface area contributed by atoms with Gasteiger partial charge in [-0.1, -0.05) is 25.8 Å². The molecule has 0 saturated carbocycles. The van der Waals surface area contributed by atoms with Crippen molar-refractivity contribution in [3.05, 3.63) is 48.2 Å². The van der Waals surface area contributed by atoms with E-state index in [1.54, 1.807) is 37.1 Å². The number of alkyl halides is 3. The van der Waals surface area contributed by atoms with Crippen molar-refractivity contribution >= 4 is 34.0 Å². The van der Waals surface area contributed by atoms with Crippen molar-refractivity contribution in [2.45, 2.75) is 55.6 Å². The van der Waals surface area contributed by atoms with Crippen LogP contribution in [0.4, 0.5) is 24.5 Å². The summed E-state index contributed by atoms with van der Waals surface area (Å²) < 4.78 is 47.4. The molecule has 0 amide bonds. The predicted molar refractivity (Wildman–Crippen MR) is 151 cm³/mol. The molecule has 1 aliphatic heterocycles. The van der Waals surface area contributed by atoms with E-state index in [1.165, 1.54) is 4.57 Å². The summed E-state index contributed by atoms with van der Waals surface area (Å²) in [6.07, 6.45) is -2.37. The molecule has 1 saturated heterocycles. The molecule has 2 heterocycles. The number of halogens is 3. The van der Waals surface area contributed by atoms with Crippen LogP contribution in [0.15, 0.2) is 47.4 Å². The van der Waals surface area contributed by atoms with Gasteiger partial charge in [-0.25, -0.2) is 0 Å². The van der Waals surface area contributed by atoms with E-state index >= 15 is 0 Å². The Balaban J connectivity index is 1.56. The van der Waals surface area contributed by atoms with Gasteiger partial charge in [0.15, 0.2) is 0 Å². The molecule has 5 nitrogen and oxygen atoms in total. The van der Waals surface area contributed by atoms with Gasteiger partial charge in [0.05, 0.1) is 30.6 Å². The molecule has 204 valence electrons. The molecule has 0 bridgehead atoms. The Morgan fingerprint density at radius 1 is 1.11 bits per heavy atom. The number of thioether (sulfide) groups is 1. The van der Waals surface area contributed by atoms with Crippen LogP contribution in [0.5, 0.6) is 5.75 Å². The van der Waals surface area contributed by atoms with Crippen molar-refractivity contribution in [1.82, 2.24) is 9.47 Å². The highest BCUT2D eigenvalue weighted by Crippen LogP contribution is 2.33. The van der Waals surface area contributed by atoms with Crippen molar-refractivity contribution in [1.29, 1.82) is 0 Å². The van der Waals surface area contributed by atoms with Gasteiger partial charge in [0.2, 0.25) is 0 Å². The normalized spacial score (nSPS) is 14.9. The lowest BCUT2D eigenvalue weighted by molar-refractivity contribution is -0.140. The van der Waals surface area contributed by atoms with E-state index in [-0.39, 0.29) is 6.54 Å². The van der Waals surface area contributed by atoms with Crippen LogP contribution in [0.1, 0.15) is 32.4 Å². The number of benzene rings is 2. The lowest BCUT2D eigenvalue weighted by Gasteiger charge is -2.30. The molecule has 3 aromatic rings. The molecule has 1 aromatic heterocycles. The second-order valence-corrected chi connectivity index (χ2v) is 11.5. The van der Waals surface area contributed by atoms with Crippen molar-refractivity contribution in [2.24, 2.45) is 0 Å². The standard InChI is InChI=1S/C29H35F3N4OS/c1-20(2)38-23-10-11-26(28(18-23)37-4)33-14-6-7-22-17-24-25(34-21-12-15-35(3)16-13-21)8-5-9-27(24)36(22)19-29(30,31)32/h5,8-11,17-18,20-21,33-34H,12-16,19H2,1-4H3. The SMILES string of the molecule is COc1cc(SC(C)C)ccc1NCC#Cc1cc2c(NC3CCN(C)CC3)cccc2n1CC(F)(F)F. The minimum absolute atomic E-state index is 0.265. The molecule has 2 N–H and O–H groups in total. The van der Waals surface area contributed by atoms with Crippen LogP contribution in [-0.4, -0.2) is 60.7 Å². The maximum Gasteiger partial charge on any atom is 0.406 e. The highest BCUT2D eigenvalue weighted by atomic mass is 32.2. The van der Waals surface area contributed by atoms with Gasteiger partial charge < -0.3 is 24.8 Å². The van der Waals surface area contributed by atoms with Crippen molar-refractivity contribution in [2.75, 3.05) is 44.4 Å². The smallest absolute Gasteiger partial charge is 0.406 e. The summed E-state index contributed by atoms with van der Waals surface area (Å²) in [5, 5.41) is 8.01. The molecule has 0 atom stereocenters. The van der Waals surface area contributed by atoms with E-state index in [4.69, 9.17) is 4.74 Å². The summed E-state index contributed by atoms with van der Waals surface area (Å²) in [7, 11) is 3.72. The zero-order valence-corrected chi connectivity index (χ0v) is 23.1. The summed E-state index contributed by atoms with van der Waals surface area (Å²) in [6, 6.07) is 13.5. The quantitative estimate of drug-likeness (QED) is 0.245. The molecule has 0 aliphatic carbocycles. The van der Waals surface area contributed by atoms with Gasteiger partial charge in [-0.3, -0.25) is 0 Å². The minimum Gasteiger partial charge on any atom is -0.495 e. The van der Waals surface area contributed by atoms with E-state index < -0.39 is 12.7 Å². The molecule has 9 heteroatoms. The van der Waals surface area contributed by atoms with Crippen LogP contribution < -0.4 is 15.4 Å². The number of methoxy groups -OCH3 is 1. The third-order valence-electron chi connectivity index (χ3n) is 6.49. The Hall–Kier alpha value is -2.96. The lowest BCUT2D eigenvalue weighted by atomic mass is 10.0. The number of nitrogens with one attached hydrogen (secondary N) is 2. The number of hydrogen-bond donors (Lipinski definition) is 2. The second-order valence-electron chi connectivity index (χ2n) is 9.88. The monoisotopic (exact) mass is 544 g/mol. The number of nitrogens with zero attached hydrogens (tertiary/aromatic N) is 2. The Morgan fingerprint density at radius 2 is 1.87 bits per heavy atom. The molecule has 2 aromatic carbocycles. The number of ether oxygens (including phenoxy) is 1. The molecule has 1 aliphatic rings. The number of rotatable bonds is 8. The molecular weight excluding hydrogens is 509 g/mol. The topological polar surface area (TPSA) is 41.5 Å². The number of likely N-dealkylation sites (tertiary alicyclic amines) is 1. The molecular formula is C29H35F3N4OS. The summed E-state index contributed by atoms with van der Waals surface area (Å²) in [6.45, 7) is 5.43. The number of aromatic nitrogens is 1. The first kappa shape index (κ1) is 28.1. The van der Waals surface area contributed by atoms with Crippen molar-refractivity contribution in [3.8, 4) is 17.6 Å². The first-order chi connectivity index (χ1) is 18.1. The second kappa shape index (κ2) is 12.3. The number of piperidine rings is 1. The average Bonchev–Trinajstić information content (AvgIpc) is 3.20. The lowest BCUT2D eigenvalue weighted by Crippen LogP contribution is -2.36. The van der Waals surface area contributed by atoms with Crippen LogP contribution in [0, 0.1) is 11.8 Å². The first-order valence-electron chi connectivity index (χ1n) is 12.8. The third kappa shape index (κ3) is 7.33. The number of anilines is 2. The van der Waals surface area contributed by atoms with E-state index in [1.807, 2.05) is 24.3 Å². The van der Waals surface area contributed by atoms with E-state index in [0.717, 1.165) is 47.6 Å². The zero-order chi connectivity index (χ0) is 27.3. The van der Waals surface area contributed by atoms with E-state index in [2.05, 4.69) is 48.3 Å². The van der Waals surface area contributed by atoms with Crippen molar-refractivity contribution in [3.63, 3.8) is 0 Å². The van der Waals surface area contributed by atoms with Gasteiger partial charge in [-0.05, 0) is 75.3 Å². The summed E-state index contributed by atoms with van der Waals surface area (Å²) >= 11 is 1.74. The van der Waals surface area contributed by atoms with Crippen molar-refractivity contribution < 1.29 is 17.9 Å². The summed E-state index contributed by atoms with van der Waals surface area (Å²) in [4.78, 5) is 3.39. The molecule has 0 radical (unpaired) electrons. The third-order valence-corrected chi connectivity index (χ3v) is 7.49. The molecule has 38 heavy (non-hydrogen) atoms. The highest BCUT2D eigenvalue weighted by Gasteiger charge is 2.30. The van der Waals surface area contributed by atoms with Gasteiger partial charge in [0, 0.05) is 27.3 Å².